The maximum absolute atomic E-state index is 12.6. The molecule has 1 aromatic carbocycles. The summed E-state index contributed by atoms with van der Waals surface area (Å²) in [6.45, 7) is 6.83. The lowest BCUT2D eigenvalue weighted by Gasteiger charge is -2.33. The molecule has 1 aliphatic rings. The van der Waals surface area contributed by atoms with E-state index in [-0.39, 0.29) is 29.2 Å². The number of carbonyl (C=O) groups excluding carboxylic acids is 2. The number of anilines is 1. The number of nitrogens with one attached hydrogen (secondary N) is 1. The molecule has 0 aromatic heterocycles. The largest absolute Gasteiger partial charge is 0.478 e. The zero-order valence-electron chi connectivity index (χ0n) is 15.0. The van der Waals surface area contributed by atoms with Gasteiger partial charge in [0.2, 0.25) is 11.8 Å². The van der Waals surface area contributed by atoms with Crippen LogP contribution in [0.15, 0.2) is 18.2 Å². The Morgan fingerprint density at radius 3 is 2.72 bits per heavy atom. The topological polar surface area (TPSA) is 86.7 Å². The quantitative estimate of drug-likeness (QED) is 0.858. The molecule has 0 spiro atoms. The number of amides is 2. The number of aryl methyl sites for hydroxylation is 1. The van der Waals surface area contributed by atoms with Gasteiger partial charge in [0, 0.05) is 24.7 Å². The van der Waals surface area contributed by atoms with E-state index >= 15 is 0 Å². The molecule has 6 nitrogen and oxygen atoms in total. The maximum atomic E-state index is 12.6. The normalized spacial score (nSPS) is 18.5. The standard InChI is InChI=1S/C19H26N2O4/c1-4-12(2)18(23)21-9-5-6-15(11-21)17(22)20-16-10-14(19(24)25)8-7-13(16)3/h7-8,10,12,15H,4-6,9,11H2,1-3H3,(H,20,22)(H,24,25)/t12-,15+/m0/s1. The summed E-state index contributed by atoms with van der Waals surface area (Å²) in [5, 5.41) is 11.9. The highest BCUT2D eigenvalue weighted by Crippen LogP contribution is 2.23. The fraction of sp³-hybridized carbons (Fsp3) is 0.526. The van der Waals surface area contributed by atoms with Crippen LogP contribution in [0.5, 0.6) is 0 Å². The summed E-state index contributed by atoms with van der Waals surface area (Å²) >= 11 is 0. The first-order valence-electron chi connectivity index (χ1n) is 8.77. The molecule has 0 saturated carbocycles. The highest BCUT2D eigenvalue weighted by Gasteiger charge is 2.30. The van der Waals surface area contributed by atoms with Gasteiger partial charge >= 0.3 is 5.97 Å². The van der Waals surface area contributed by atoms with E-state index in [4.69, 9.17) is 5.11 Å². The van der Waals surface area contributed by atoms with Crippen LogP contribution in [0.2, 0.25) is 0 Å². The minimum atomic E-state index is -1.03. The number of benzene rings is 1. The summed E-state index contributed by atoms with van der Waals surface area (Å²) in [4.78, 5) is 37.9. The first-order valence-corrected chi connectivity index (χ1v) is 8.77. The van der Waals surface area contributed by atoms with Gasteiger partial charge in [0.25, 0.3) is 0 Å². The first kappa shape index (κ1) is 19.0. The number of nitrogens with zero attached hydrogens (tertiary/aromatic N) is 1. The van der Waals surface area contributed by atoms with Gasteiger partial charge in [-0.3, -0.25) is 9.59 Å². The SMILES string of the molecule is CC[C@H](C)C(=O)N1CCC[C@@H](C(=O)Nc2cc(C(=O)O)ccc2C)C1. The van der Waals surface area contributed by atoms with Gasteiger partial charge < -0.3 is 15.3 Å². The molecule has 1 fully saturated rings. The van der Waals surface area contributed by atoms with Crippen LogP contribution in [-0.2, 0) is 9.59 Å². The first-order chi connectivity index (χ1) is 11.8. The lowest BCUT2D eigenvalue weighted by molar-refractivity contribution is -0.138. The Morgan fingerprint density at radius 1 is 1.36 bits per heavy atom. The molecule has 1 aliphatic heterocycles. The maximum Gasteiger partial charge on any atom is 0.335 e. The number of hydrogen-bond donors (Lipinski definition) is 2. The van der Waals surface area contributed by atoms with E-state index in [2.05, 4.69) is 5.32 Å². The van der Waals surface area contributed by atoms with E-state index < -0.39 is 5.97 Å². The van der Waals surface area contributed by atoms with Gasteiger partial charge in [-0.1, -0.05) is 19.9 Å². The highest BCUT2D eigenvalue weighted by atomic mass is 16.4. The molecule has 1 saturated heterocycles. The number of likely N-dealkylation sites (tertiary alicyclic amines) is 1. The predicted molar refractivity (Wildman–Crippen MR) is 95.5 cm³/mol. The number of aromatic carboxylic acids is 1. The molecule has 0 radical (unpaired) electrons. The van der Waals surface area contributed by atoms with Gasteiger partial charge in [0.05, 0.1) is 11.5 Å². The van der Waals surface area contributed by atoms with Crippen LogP contribution in [0.4, 0.5) is 5.69 Å². The Kier molecular flexibility index (Phi) is 6.17. The van der Waals surface area contributed by atoms with Crippen LogP contribution in [0.1, 0.15) is 49.0 Å². The van der Waals surface area contributed by atoms with Crippen molar-refractivity contribution in [2.24, 2.45) is 11.8 Å². The van der Waals surface area contributed by atoms with Crippen LogP contribution in [0.25, 0.3) is 0 Å². The molecule has 2 atom stereocenters. The van der Waals surface area contributed by atoms with E-state index in [1.54, 1.807) is 11.0 Å². The molecule has 2 amide bonds. The van der Waals surface area contributed by atoms with Crippen molar-refractivity contribution in [1.29, 1.82) is 0 Å². The zero-order chi connectivity index (χ0) is 18.6. The summed E-state index contributed by atoms with van der Waals surface area (Å²) < 4.78 is 0. The number of carboxylic acids is 1. The molecule has 2 N–H and O–H groups in total. The second kappa shape index (κ2) is 8.14. The van der Waals surface area contributed by atoms with Crippen LogP contribution in [-0.4, -0.2) is 40.9 Å². The van der Waals surface area contributed by atoms with Crippen LogP contribution >= 0.6 is 0 Å². The Morgan fingerprint density at radius 2 is 2.08 bits per heavy atom. The van der Waals surface area contributed by atoms with Crippen molar-refractivity contribution >= 4 is 23.5 Å². The van der Waals surface area contributed by atoms with Gasteiger partial charge in [-0.05, 0) is 43.9 Å². The second-order valence-corrected chi connectivity index (χ2v) is 6.76. The van der Waals surface area contributed by atoms with Gasteiger partial charge in [-0.25, -0.2) is 4.79 Å². The second-order valence-electron chi connectivity index (χ2n) is 6.76. The summed E-state index contributed by atoms with van der Waals surface area (Å²) in [6.07, 6.45) is 2.32. The lowest BCUT2D eigenvalue weighted by Crippen LogP contribution is -2.45. The molecule has 0 unspecified atom stereocenters. The Balaban J connectivity index is 2.07. The highest BCUT2D eigenvalue weighted by molar-refractivity contribution is 5.96. The van der Waals surface area contributed by atoms with Gasteiger partial charge in [-0.2, -0.15) is 0 Å². The van der Waals surface area contributed by atoms with Crippen molar-refractivity contribution in [1.82, 2.24) is 4.90 Å². The van der Waals surface area contributed by atoms with Gasteiger partial charge in [-0.15, -0.1) is 0 Å². The molecule has 0 bridgehead atoms. The van der Waals surface area contributed by atoms with E-state index in [9.17, 15) is 14.4 Å². The van der Waals surface area contributed by atoms with Crippen LogP contribution in [0, 0.1) is 18.8 Å². The number of carbonyl (C=O) groups is 3. The fourth-order valence-electron chi connectivity index (χ4n) is 3.00. The van der Waals surface area contributed by atoms with Crippen molar-refractivity contribution < 1.29 is 19.5 Å². The minimum absolute atomic E-state index is 0.0312. The smallest absolute Gasteiger partial charge is 0.335 e. The fourth-order valence-corrected chi connectivity index (χ4v) is 3.00. The van der Waals surface area contributed by atoms with E-state index in [0.29, 0.717) is 18.8 Å². The summed E-state index contributed by atoms with van der Waals surface area (Å²) in [5.74, 6) is -1.39. The number of hydrogen-bond acceptors (Lipinski definition) is 3. The molecule has 0 aliphatic carbocycles. The summed E-state index contributed by atoms with van der Waals surface area (Å²) in [6, 6.07) is 4.67. The average Bonchev–Trinajstić information content (AvgIpc) is 2.62. The molecule has 136 valence electrons. The summed E-state index contributed by atoms with van der Waals surface area (Å²) in [7, 11) is 0. The lowest BCUT2D eigenvalue weighted by atomic mass is 9.95. The minimum Gasteiger partial charge on any atom is -0.478 e. The van der Waals surface area contributed by atoms with Crippen molar-refractivity contribution in [3.05, 3.63) is 29.3 Å². The number of carboxylic acid groups (broad SMARTS) is 1. The van der Waals surface area contributed by atoms with Crippen molar-refractivity contribution in [2.45, 2.75) is 40.0 Å². The van der Waals surface area contributed by atoms with E-state index in [1.165, 1.54) is 12.1 Å². The third-order valence-corrected chi connectivity index (χ3v) is 4.88. The summed E-state index contributed by atoms with van der Waals surface area (Å²) in [5.41, 5.74) is 1.45. The van der Waals surface area contributed by atoms with Crippen molar-refractivity contribution in [3.8, 4) is 0 Å². The molecular weight excluding hydrogens is 320 g/mol. The Labute approximate surface area is 148 Å². The zero-order valence-corrected chi connectivity index (χ0v) is 15.0. The Hall–Kier alpha value is -2.37. The molecule has 6 heteroatoms. The average molecular weight is 346 g/mol. The van der Waals surface area contributed by atoms with Crippen molar-refractivity contribution in [3.63, 3.8) is 0 Å². The number of piperidine rings is 1. The third-order valence-electron chi connectivity index (χ3n) is 4.88. The van der Waals surface area contributed by atoms with Crippen LogP contribution in [0.3, 0.4) is 0 Å². The van der Waals surface area contributed by atoms with Gasteiger partial charge in [0.1, 0.15) is 0 Å². The monoisotopic (exact) mass is 346 g/mol. The Bertz CT molecular complexity index is 671. The molecule has 1 heterocycles. The van der Waals surface area contributed by atoms with Crippen LogP contribution < -0.4 is 5.32 Å². The predicted octanol–water partition coefficient (Wildman–Crippen LogP) is 2.92. The third kappa shape index (κ3) is 4.59. The van der Waals surface area contributed by atoms with E-state index in [1.807, 2.05) is 20.8 Å². The molecular formula is C19H26N2O4. The van der Waals surface area contributed by atoms with E-state index in [0.717, 1.165) is 24.8 Å². The molecule has 1 aromatic rings. The number of rotatable bonds is 5. The van der Waals surface area contributed by atoms with Gasteiger partial charge in [0.15, 0.2) is 0 Å². The molecule has 25 heavy (non-hydrogen) atoms. The van der Waals surface area contributed by atoms with Crippen molar-refractivity contribution in [2.75, 3.05) is 18.4 Å². The molecule has 2 rings (SSSR count).